The minimum atomic E-state index is -0.475. The summed E-state index contributed by atoms with van der Waals surface area (Å²) in [6.45, 7) is 0. The largest absolute Gasteiger partial charge is 0.420 e. The summed E-state index contributed by atoms with van der Waals surface area (Å²) in [4.78, 5) is 26.7. The van der Waals surface area contributed by atoms with Crippen molar-refractivity contribution < 1.29 is 52.0 Å². The molecule has 4 bridgehead atoms. The molecule has 0 amide bonds. The number of hydrogen-bond acceptors (Lipinski definition) is 2. The van der Waals surface area contributed by atoms with Crippen LogP contribution in [-0.2, 0) is 9.59 Å². The zero-order valence-corrected chi connectivity index (χ0v) is 22.1. The van der Waals surface area contributed by atoms with Crippen LogP contribution in [-0.4, -0.2) is 11.6 Å². The van der Waals surface area contributed by atoms with Gasteiger partial charge in [-0.2, -0.15) is 0 Å². The standard InChI is InChI=1S/C28H24I2O2/c31-25(11-13-29-23-7-3-1-4-8-23)27-16-21-15-22(17-27)19-28(18-21,20-27)26(32)12-14-30-24-9-5-2-6-10-24/h1-10,21-22H,15-20H2/q+2. The molecule has 6 rings (SSSR count). The summed E-state index contributed by atoms with van der Waals surface area (Å²) >= 11 is -0.950. The maximum Gasteiger partial charge on any atom is 0.420 e. The SMILES string of the molecule is O=C(C#C[I+]c1ccccc1)C12CC3CC(C1)CC(C(=O)C#C[I+]c1ccccc1)(C3)C2. The van der Waals surface area contributed by atoms with E-state index in [4.69, 9.17) is 0 Å². The van der Waals surface area contributed by atoms with Crippen LogP contribution in [0.15, 0.2) is 60.7 Å². The topological polar surface area (TPSA) is 34.1 Å². The quantitative estimate of drug-likeness (QED) is 0.302. The van der Waals surface area contributed by atoms with Crippen LogP contribution < -0.4 is 42.4 Å². The summed E-state index contributed by atoms with van der Waals surface area (Å²) in [6.07, 6.45) is 5.50. The molecule has 0 saturated heterocycles. The van der Waals surface area contributed by atoms with Crippen molar-refractivity contribution in [3.63, 3.8) is 0 Å². The molecule has 0 aromatic heterocycles. The van der Waals surface area contributed by atoms with E-state index in [1.165, 1.54) is 13.6 Å². The molecule has 0 unspecified atom stereocenters. The number of Topliss-reactive ketones (excluding diaryl/α,β-unsaturated/α-hetero) is 2. The van der Waals surface area contributed by atoms with E-state index in [2.05, 4.69) is 44.0 Å². The fraction of sp³-hybridized carbons (Fsp3) is 0.357. The highest BCUT2D eigenvalue weighted by Crippen LogP contribution is 2.65. The number of hydrogen-bond donors (Lipinski definition) is 0. The van der Waals surface area contributed by atoms with E-state index in [1.54, 1.807) is 0 Å². The Morgan fingerprint density at radius 1 is 0.688 bits per heavy atom. The number of halogens is 2. The molecule has 4 aliphatic rings. The summed E-state index contributed by atoms with van der Waals surface area (Å²) in [6, 6.07) is 20.4. The molecule has 0 radical (unpaired) electrons. The van der Waals surface area contributed by atoms with Gasteiger partial charge >= 0.3 is 42.4 Å². The van der Waals surface area contributed by atoms with E-state index in [9.17, 15) is 9.59 Å². The van der Waals surface area contributed by atoms with Crippen LogP contribution in [0.2, 0.25) is 0 Å². The van der Waals surface area contributed by atoms with Gasteiger partial charge in [-0.25, -0.2) is 0 Å². The first kappa shape index (κ1) is 22.2. The highest BCUT2D eigenvalue weighted by Gasteiger charge is 2.62. The average molecular weight is 646 g/mol. The molecular formula is C28H24I2O2+2. The number of benzene rings is 2. The van der Waals surface area contributed by atoms with Crippen molar-refractivity contribution in [2.75, 3.05) is 0 Å². The fourth-order valence-electron chi connectivity index (χ4n) is 6.26. The number of carbonyl (C=O) groups excluding carboxylic acids is 2. The second-order valence-corrected chi connectivity index (χ2v) is 14.0. The number of rotatable bonds is 4. The van der Waals surface area contributed by atoms with Crippen molar-refractivity contribution in [1.29, 1.82) is 0 Å². The lowest BCUT2D eigenvalue weighted by Gasteiger charge is -2.59. The lowest BCUT2D eigenvalue weighted by atomic mass is 9.42. The van der Waals surface area contributed by atoms with Crippen molar-refractivity contribution in [2.24, 2.45) is 22.7 Å². The minimum absolute atomic E-state index is 0.0871. The normalized spacial score (nSPS) is 29.4. The van der Waals surface area contributed by atoms with Crippen LogP contribution in [0, 0.1) is 49.5 Å². The molecule has 4 heteroatoms. The van der Waals surface area contributed by atoms with Crippen LogP contribution in [0.3, 0.4) is 0 Å². The minimum Gasteiger partial charge on any atom is -0.284 e. The lowest BCUT2D eigenvalue weighted by molar-refractivity contribution is -0.535. The van der Waals surface area contributed by atoms with Gasteiger partial charge in [0.2, 0.25) is 18.7 Å². The first-order valence-corrected chi connectivity index (χ1v) is 15.4. The summed E-state index contributed by atoms with van der Waals surface area (Å²) in [5.74, 6) is 7.17. The highest BCUT2D eigenvalue weighted by molar-refractivity contribution is 6.03. The molecule has 2 aromatic carbocycles. The van der Waals surface area contributed by atoms with Gasteiger partial charge in [-0.05, 0) is 74.6 Å². The van der Waals surface area contributed by atoms with Crippen molar-refractivity contribution in [3.05, 3.63) is 67.8 Å². The molecule has 0 atom stereocenters. The van der Waals surface area contributed by atoms with Crippen LogP contribution in [0.4, 0.5) is 0 Å². The molecule has 0 spiro atoms. The zero-order chi connectivity index (χ0) is 22.0. The number of carbonyl (C=O) groups is 2. The van der Waals surface area contributed by atoms with Gasteiger partial charge in [0.05, 0.1) is 0 Å². The Kier molecular flexibility index (Phi) is 6.45. The van der Waals surface area contributed by atoms with Gasteiger partial charge < -0.3 is 0 Å². The second kappa shape index (κ2) is 9.31. The smallest absolute Gasteiger partial charge is 0.284 e. The zero-order valence-electron chi connectivity index (χ0n) is 17.7. The molecule has 4 fully saturated rings. The van der Waals surface area contributed by atoms with Crippen molar-refractivity contribution in [1.82, 2.24) is 0 Å². The Hall–Kier alpha value is -1.64. The summed E-state index contributed by atoms with van der Waals surface area (Å²) < 4.78 is 8.92. The predicted octanol–water partition coefficient (Wildman–Crippen LogP) is -1.45. The molecule has 0 heterocycles. The Labute approximate surface area is 210 Å². The molecule has 0 N–H and O–H groups in total. The van der Waals surface area contributed by atoms with Crippen molar-refractivity contribution in [2.45, 2.75) is 38.5 Å². The third-order valence-electron chi connectivity index (χ3n) is 7.12. The molecular weight excluding hydrogens is 622 g/mol. The predicted molar refractivity (Wildman–Crippen MR) is 115 cm³/mol. The average Bonchev–Trinajstić information content (AvgIpc) is 2.79. The van der Waals surface area contributed by atoms with Crippen molar-refractivity contribution >= 4 is 11.6 Å². The van der Waals surface area contributed by atoms with Gasteiger partial charge in [0.15, 0.2) is 7.85 Å². The van der Waals surface area contributed by atoms with E-state index < -0.39 is 53.2 Å². The van der Waals surface area contributed by atoms with Crippen LogP contribution in [0.1, 0.15) is 38.5 Å². The molecule has 0 aliphatic heterocycles. The van der Waals surface area contributed by atoms with Crippen molar-refractivity contribution in [3.8, 4) is 19.7 Å². The van der Waals surface area contributed by atoms with Gasteiger partial charge in [0, 0.05) is 22.7 Å². The third kappa shape index (κ3) is 4.54. The van der Waals surface area contributed by atoms with Crippen LogP contribution in [0.25, 0.3) is 0 Å². The molecule has 32 heavy (non-hydrogen) atoms. The third-order valence-corrected chi connectivity index (χ3v) is 10.9. The highest BCUT2D eigenvalue weighted by atomic mass is 127. The number of ketones is 2. The first-order valence-electron chi connectivity index (χ1n) is 11.1. The van der Waals surface area contributed by atoms with Gasteiger partial charge in [0.25, 0.3) is 0 Å². The molecule has 2 aromatic rings. The summed E-state index contributed by atoms with van der Waals surface area (Å²) in [7, 11) is 0. The van der Waals surface area contributed by atoms with Gasteiger partial charge in [-0.15, -0.1) is 0 Å². The van der Waals surface area contributed by atoms with E-state index in [-0.39, 0.29) is 11.6 Å². The molecule has 2 nitrogen and oxygen atoms in total. The van der Waals surface area contributed by atoms with Gasteiger partial charge in [0.1, 0.15) is 0 Å². The Morgan fingerprint density at radius 2 is 1.09 bits per heavy atom. The van der Waals surface area contributed by atoms with Gasteiger partial charge in [-0.1, -0.05) is 36.4 Å². The first-order chi connectivity index (χ1) is 15.6. The van der Waals surface area contributed by atoms with Crippen LogP contribution >= 0.6 is 0 Å². The Morgan fingerprint density at radius 3 is 1.50 bits per heavy atom. The Balaban J connectivity index is 1.33. The van der Waals surface area contributed by atoms with E-state index in [1.807, 2.05) is 36.4 Å². The van der Waals surface area contributed by atoms with Crippen LogP contribution in [0.5, 0.6) is 0 Å². The fourth-order valence-corrected chi connectivity index (χ4v) is 9.19. The Bertz CT molecular complexity index is 1040. The molecule has 4 saturated carbocycles. The maximum absolute atomic E-state index is 13.4. The van der Waals surface area contributed by atoms with E-state index >= 15 is 0 Å². The summed E-state index contributed by atoms with van der Waals surface area (Å²) in [5.41, 5.74) is -0.827. The monoisotopic (exact) mass is 646 g/mol. The maximum atomic E-state index is 13.4. The molecule has 4 aliphatic carbocycles. The van der Waals surface area contributed by atoms with Gasteiger partial charge in [-0.3, -0.25) is 9.59 Å². The second-order valence-electron chi connectivity index (χ2n) is 9.40. The lowest BCUT2D eigenvalue weighted by Crippen LogP contribution is -3.59. The summed E-state index contributed by atoms with van der Waals surface area (Å²) in [5, 5.41) is 0. The van der Waals surface area contributed by atoms with E-state index in [0.29, 0.717) is 18.3 Å². The molecule has 160 valence electrons. The van der Waals surface area contributed by atoms with E-state index in [0.717, 1.165) is 25.7 Å².